The van der Waals surface area contributed by atoms with Gasteiger partial charge in [0.25, 0.3) is 0 Å². The Balaban J connectivity index is 1.92. The smallest absolute Gasteiger partial charge is 0.0991 e. The highest BCUT2D eigenvalue weighted by atomic mass is 14.2. The van der Waals surface area contributed by atoms with Crippen molar-refractivity contribution in [2.75, 3.05) is 0 Å². The fraction of sp³-hybridized carbons (Fsp3) is 0. The molecule has 0 heterocycles. The van der Waals surface area contributed by atoms with E-state index in [0.717, 1.165) is 11.1 Å². The predicted molar refractivity (Wildman–Crippen MR) is 84.0 cm³/mol. The summed E-state index contributed by atoms with van der Waals surface area (Å²) in [6, 6.07) is 24.5. The highest BCUT2D eigenvalue weighted by Gasteiger charge is 1.94. The molecule has 0 saturated heterocycles. The van der Waals surface area contributed by atoms with Crippen LogP contribution in [0.4, 0.5) is 0 Å². The summed E-state index contributed by atoms with van der Waals surface area (Å²) in [5, 5.41) is 11.4. The van der Waals surface area contributed by atoms with Gasteiger partial charge in [0, 0.05) is 0 Å². The molecule has 1 nitrogen and oxygen atoms in total. The van der Waals surface area contributed by atoms with Crippen LogP contribution in [-0.2, 0) is 0 Å². The molecule has 0 N–H and O–H groups in total. The van der Waals surface area contributed by atoms with E-state index in [-0.39, 0.29) is 0 Å². The first kappa shape index (κ1) is 12.2. The average Bonchev–Trinajstić information content (AvgIpc) is 2.53. The van der Waals surface area contributed by atoms with Crippen LogP contribution in [0, 0.1) is 11.3 Å². The van der Waals surface area contributed by atoms with E-state index in [0.29, 0.717) is 5.56 Å². The third-order valence-corrected chi connectivity index (χ3v) is 3.26. The number of fused-ring (bicyclic) bond motifs is 1. The van der Waals surface area contributed by atoms with Crippen LogP contribution < -0.4 is 0 Å². The molecular weight excluding hydrogens is 242 g/mol. The second-order valence-corrected chi connectivity index (χ2v) is 4.68. The Bertz CT molecular complexity index is 822. The van der Waals surface area contributed by atoms with Crippen LogP contribution in [0.15, 0.2) is 66.7 Å². The first-order chi connectivity index (χ1) is 9.85. The van der Waals surface area contributed by atoms with Crippen molar-refractivity contribution in [1.29, 1.82) is 5.26 Å². The van der Waals surface area contributed by atoms with Crippen LogP contribution in [0.1, 0.15) is 16.7 Å². The average molecular weight is 255 g/mol. The summed E-state index contributed by atoms with van der Waals surface area (Å²) in [4.78, 5) is 0. The molecule has 0 aromatic heterocycles. The van der Waals surface area contributed by atoms with E-state index < -0.39 is 0 Å². The number of rotatable bonds is 2. The molecule has 94 valence electrons. The quantitative estimate of drug-likeness (QED) is 0.598. The topological polar surface area (TPSA) is 23.8 Å². The van der Waals surface area contributed by atoms with Gasteiger partial charge in [-0.1, -0.05) is 60.7 Å². The Morgan fingerprint density at radius 3 is 2.25 bits per heavy atom. The SMILES string of the molecule is N#Cc1cccc(C=Cc2ccc3ccccc3c2)c1. The summed E-state index contributed by atoms with van der Waals surface area (Å²) in [5.74, 6) is 0. The number of nitriles is 1. The molecule has 20 heavy (non-hydrogen) atoms. The Morgan fingerprint density at radius 2 is 1.45 bits per heavy atom. The molecule has 0 fully saturated rings. The van der Waals surface area contributed by atoms with Gasteiger partial charge in [-0.25, -0.2) is 0 Å². The van der Waals surface area contributed by atoms with Crippen molar-refractivity contribution in [3.05, 3.63) is 83.4 Å². The van der Waals surface area contributed by atoms with Crippen molar-refractivity contribution >= 4 is 22.9 Å². The zero-order valence-electron chi connectivity index (χ0n) is 11.0. The molecule has 3 rings (SSSR count). The van der Waals surface area contributed by atoms with Crippen LogP contribution in [-0.4, -0.2) is 0 Å². The van der Waals surface area contributed by atoms with Crippen molar-refractivity contribution in [2.45, 2.75) is 0 Å². The number of nitrogens with zero attached hydrogens (tertiary/aromatic N) is 1. The van der Waals surface area contributed by atoms with Crippen molar-refractivity contribution in [3.63, 3.8) is 0 Å². The molecular formula is C19H13N. The second kappa shape index (κ2) is 5.42. The fourth-order valence-corrected chi connectivity index (χ4v) is 2.22. The Kier molecular flexibility index (Phi) is 3.31. The molecule has 0 amide bonds. The lowest BCUT2D eigenvalue weighted by Gasteiger charge is -1.99. The maximum Gasteiger partial charge on any atom is 0.0991 e. The number of benzene rings is 3. The van der Waals surface area contributed by atoms with E-state index in [4.69, 9.17) is 5.26 Å². The zero-order valence-corrected chi connectivity index (χ0v) is 11.0. The summed E-state index contributed by atoms with van der Waals surface area (Å²) in [6.07, 6.45) is 4.11. The van der Waals surface area contributed by atoms with Gasteiger partial charge >= 0.3 is 0 Å². The monoisotopic (exact) mass is 255 g/mol. The van der Waals surface area contributed by atoms with Gasteiger partial charge in [0.15, 0.2) is 0 Å². The van der Waals surface area contributed by atoms with Gasteiger partial charge in [0.1, 0.15) is 0 Å². The largest absolute Gasteiger partial charge is 0.192 e. The van der Waals surface area contributed by atoms with Crippen LogP contribution in [0.3, 0.4) is 0 Å². The van der Waals surface area contributed by atoms with Gasteiger partial charge in [-0.2, -0.15) is 5.26 Å². The van der Waals surface area contributed by atoms with Crippen LogP contribution in [0.5, 0.6) is 0 Å². The molecule has 0 spiro atoms. The van der Waals surface area contributed by atoms with Gasteiger partial charge in [-0.3, -0.25) is 0 Å². The van der Waals surface area contributed by atoms with E-state index in [1.54, 1.807) is 0 Å². The molecule has 0 atom stereocenters. The maximum atomic E-state index is 8.89. The van der Waals surface area contributed by atoms with Gasteiger partial charge in [-0.05, 0) is 40.1 Å². The molecule has 3 aromatic carbocycles. The van der Waals surface area contributed by atoms with E-state index in [2.05, 4.69) is 42.5 Å². The van der Waals surface area contributed by atoms with Crippen molar-refractivity contribution in [2.24, 2.45) is 0 Å². The Morgan fingerprint density at radius 1 is 0.700 bits per heavy atom. The second-order valence-electron chi connectivity index (χ2n) is 4.68. The van der Waals surface area contributed by atoms with E-state index in [9.17, 15) is 0 Å². The maximum absolute atomic E-state index is 8.89. The van der Waals surface area contributed by atoms with Gasteiger partial charge in [0.2, 0.25) is 0 Å². The van der Waals surface area contributed by atoms with Crippen molar-refractivity contribution in [1.82, 2.24) is 0 Å². The fourth-order valence-electron chi connectivity index (χ4n) is 2.22. The van der Waals surface area contributed by atoms with E-state index >= 15 is 0 Å². The molecule has 3 aromatic rings. The molecule has 0 aliphatic rings. The Labute approximate surface area is 118 Å². The minimum atomic E-state index is 0.686. The summed E-state index contributed by atoms with van der Waals surface area (Å²) >= 11 is 0. The molecule has 0 unspecified atom stereocenters. The lowest BCUT2D eigenvalue weighted by Crippen LogP contribution is -1.77. The number of hydrogen-bond donors (Lipinski definition) is 0. The highest BCUT2D eigenvalue weighted by molar-refractivity contribution is 5.86. The van der Waals surface area contributed by atoms with E-state index in [1.165, 1.54) is 10.8 Å². The van der Waals surface area contributed by atoms with Crippen LogP contribution >= 0.6 is 0 Å². The van der Waals surface area contributed by atoms with Gasteiger partial charge in [0.05, 0.1) is 11.6 Å². The lowest BCUT2D eigenvalue weighted by atomic mass is 10.1. The number of hydrogen-bond acceptors (Lipinski definition) is 1. The van der Waals surface area contributed by atoms with E-state index in [1.807, 2.05) is 42.5 Å². The van der Waals surface area contributed by atoms with Crippen LogP contribution in [0.2, 0.25) is 0 Å². The van der Waals surface area contributed by atoms with Crippen LogP contribution in [0.25, 0.3) is 22.9 Å². The lowest BCUT2D eigenvalue weighted by molar-refractivity contribution is 1.48. The van der Waals surface area contributed by atoms with Crippen molar-refractivity contribution < 1.29 is 0 Å². The zero-order chi connectivity index (χ0) is 13.8. The molecule has 0 bridgehead atoms. The third-order valence-electron chi connectivity index (χ3n) is 3.26. The summed E-state index contributed by atoms with van der Waals surface area (Å²) in [5.41, 5.74) is 2.88. The summed E-state index contributed by atoms with van der Waals surface area (Å²) in [6.45, 7) is 0. The Hall–Kier alpha value is -2.85. The standard InChI is InChI=1S/C19H13N/c20-14-17-5-3-4-15(12-17)8-9-16-10-11-18-6-1-2-7-19(18)13-16/h1-13H. The first-order valence-electron chi connectivity index (χ1n) is 6.52. The van der Waals surface area contributed by atoms with Crippen molar-refractivity contribution in [3.8, 4) is 6.07 Å². The predicted octanol–water partition coefficient (Wildman–Crippen LogP) is 4.88. The summed E-state index contributed by atoms with van der Waals surface area (Å²) in [7, 11) is 0. The minimum Gasteiger partial charge on any atom is -0.192 e. The molecule has 0 aliphatic heterocycles. The summed E-state index contributed by atoms with van der Waals surface area (Å²) < 4.78 is 0. The first-order valence-corrected chi connectivity index (χ1v) is 6.52. The highest BCUT2D eigenvalue weighted by Crippen LogP contribution is 2.17. The molecule has 0 aliphatic carbocycles. The minimum absolute atomic E-state index is 0.686. The third kappa shape index (κ3) is 2.60. The molecule has 0 saturated carbocycles. The van der Waals surface area contributed by atoms with Gasteiger partial charge in [-0.15, -0.1) is 0 Å². The van der Waals surface area contributed by atoms with Gasteiger partial charge < -0.3 is 0 Å². The molecule has 0 radical (unpaired) electrons. The normalized spacial score (nSPS) is 10.8. The molecule has 1 heteroatoms.